The van der Waals surface area contributed by atoms with E-state index in [9.17, 15) is 4.79 Å². The summed E-state index contributed by atoms with van der Waals surface area (Å²) in [4.78, 5) is 17.1. The first kappa shape index (κ1) is 17.4. The molecule has 1 N–H and O–H groups in total. The second-order valence-electron chi connectivity index (χ2n) is 6.18. The smallest absolute Gasteiger partial charge is 0.330 e. The SMILES string of the molecule is CCc1ccccc1Cc1csc(CNC(=O)n2nnc3ccccc32)n1. The van der Waals surface area contributed by atoms with Gasteiger partial charge in [0, 0.05) is 11.8 Å². The molecule has 6 nitrogen and oxygen atoms in total. The standard InChI is InChI=1S/C20H19N5OS/c1-2-14-7-3-4-8-15(14)11-16-13-27-19(22-16)12-21-20(26)25-18-10-6-5-9-17(18)23-24-25/h3-10,13H,2,11-12H2,1H3,(H,21,26). The highest BCUT2D eigenvalue weighted by molar-refractivity contribution is 7.09. The van der Waals surface area contributed by atoms with Crippen LogP contribution in [0.25, 0.3) is 11.0 Å². The third kappa shape index (κ3) is 3.73. The van der Waals surface area contributed by atoms with Gasteiger partial charge in [-0.05, 0) is 29.7 Å². The first-order chi connectivity index (χ1) is 13.2. The van der Waals surface area contributed by atoms with Crippen molar-refractivity contribution in [3.05, 3.63) is 75.7 Å². The molecule has 0 bridgehead atoms. The Hall–Kier alpha value is -3.06. The minimum Gasteiger partial charge on any atom is -0.330 e. The number of nitrogens with one attached hydrogen (secondary N) is 1. The lowest BCUT2D eigenvalue weighted by Gasteiger charge is -2.05. The Morgan fingerprint density at radius 2 is 1.89 bits per heavy atom. The van der Waals surface area contributed by atoms with Crippen molar-refractivity contribution in [3.63, 3.8) is 0 Å². The Bertz CT molecular complexity index is 1080. The summed E-state index contributed by atoms with van der Waals surface area (Å²) in [7, 11) is 0. The fourth-order valence-electron chi connectivity index (χ4n) is 3.03. The van der Waals surface area contributed by atoms with Gasteiger partial charge in [-0.2, -0.15) is 4.68 Å². The predicted octanol–water partition coefficient (Wildman–Crippen LogP) is 3.80. The number of nitrogens with zero attached hydrogens (tertiary/aromatic N) is 4. The van der Waals surface area contributed by atoms with Crippen LogP contribution in [0.3, 0.4) is 0 Å². The molecular formula is C20H19N5OS. The topological polar surface area (TPSA) is 72.7 Å². The molecule has 0 unspecified atom stereocenters. The van der Waals surface area contributed by atoms with E-state index in [1.54, 1.807) is 11.3 Å². The molecule has 2 heterocycles. The van der Waals surface area contributed by atoms with Gasteiger partial charge in [0.15, 0.2) is 0 Å². The van der Waals surface area contributed by atoms with E-state index in [4.69, 9.17) is 0 Å². The van der Waals surface area contributed by atoms with Gasteiger partial charge in [0.25, 0.3) is 0 Å². The maximum absolute atomic E-state index is 12.4. The molecule has 4 rings (SSSR count). The molecule has 2 aromatic heterocycles. The summed E-state index contributed by atoms with van der Waals surface area (Å²) in [5.41, 5.74) is 5.05. The minimum atomic E-state index is -0.309. The zero-order valence-corrected chi connectivity index (χ0v) is 15.7. The molecule has 136 valence electrons. The molecule has 0 saturated carbocycles. The van der Waals surface area contributed by atoms with Crippen molar-refractivity contribution < 1.29 is 4.79 Å². The zero-order valence-electron chi connectivity index (χ0n) is 14.9. The van der Waals surface area contributed by atoms with Crippen LogP contribution in [0.2, 0.25) is 0 Å². The van der Waals surface area contributed by atoms with Crippen molar-refractivity contribution in [3.8, 4) is 0 Å². The van der Waals surface area contributed by atoms with E-state index in [0.29, 0.717) is 17.6 Å². The summed E-state index contributed by atoms with van der Waals surface area (Å²) in [6.07, 6.45) is 1.82. The molecule has 0 aliphatic carbocycles. The lowest BCUT2D eigenvalue weighted by molar-refractivity contribution is 0.239. The Morgan fingerprint density at radius 3 is 2.74 bits per heavy atom. The number of para-hydroxylation sites is 1. The van der Waals surface area contributed by atoms with E-state index in [2.05, 4.69) is 57.2 Å². The van der Waals surface area contributed by atoms with E-state index in [1.807, 2.05) is 24.3 Å². The van der Waals surface area contributed by atoms with Crippen molar-refractivity contribution in [1.82, 2.24) is 25.3 Å². The maximum atomic E-state index is 12.4. The number of carbonyl (C=O) groups excluding carboxylic acids is 1. The Morgan fingerprint density at radius 1 is 1.11 bits per heavy atom. The van der Waals surface area contributed by atoms with Crippen molar-refractivity contribution >= 4 is 28.4 Å². The number of amides is 1. The normalized spacial score (nSPS) is 11.0. The molecule has 1 amide bonds. The molecule has 27 heavy (non-hydrogen) atoms. The van der Waals surface area contributed by atoms with Crippen LogP contribution in [0.4, 0.5) is 4.79 Å². The second kappa shape index (κ2) is 7.67. The number of aryl methyl sites for hydroxylation is 1. The van der Waals surface area contributed by atoms with Gasteiger partial charge in [-0.3, -0.25) is 0 Å². The molecule has 7 heteroatoms. The van der Waals surface area contributed by atoms with Crippen molar-refractivity contribution in [2.75, 3.05) is 0 Å². The fraction of sp³-hybridized carbons (Fsp3) is 0.200. The summed E-state index contributed by atoms with van der Waals surface area (Å²) in [5.74, 6) is 0. The maximum Gasteiger partial charge on any atom is 0.344 e. The van der Waals surface area contributed by atoms with Crippen LogP contribution >= 0.6 is 11.3 Å². The number of fused-ring (bicyclic) bond motifs is 1. The summed E-state index contributed by atoms with van der Waals surface area (Å²) >= 11 is 1.55. The van der Waals surface area contributed by atoms with Gasteiger partial charge in [-0.25, -0.2) is 9.78 Å². The van der Waals surface area contributed by atoms with Gasteiger partial charge in [-0.1, -0.05) is 48.5 Å². The lowest BCUT2D eigenvalue weighted by Crippen LogP contribution is -2.28. The van der Waals surface area contributed by atoms with E-state index in [0.717, 1.165) is 23.5 Å². The molecule has 0 radical (unpaired) electrons. The molecule has 0 spiro atoms. The highest BCUT2D eigenvalue weighted by Gasteiger charge is 2.12. The van der Waals surface area contributed by atoms with Crippen molar-refractivity contribution in [2.45, 2.75) is 26.3 Å². The lowest BCUT2D eigenvalue weighted by atomic mass is 10.0. The number of aromatic nitrogens is 4. The minimum absolute atomic E-state index is 0.309. The van der Waals surface area contributed by atoms with Crippen LogP contribution in [0.15, 0.2) is 53.9 Å². The van der Waals surface area contributed by atoms with Gasteiger partial charge in [0.05, 0.1) is 17.8 Å². The number of benzene rings is 2. The third-order valence-electron chi connectivity index (χ3n) is 4.41. The molecule has 0 aliphatic heterocycles. The first-order valence-corrected chi connectivity index (χ1v) is 9.71. The molecule has 2 aromatic carbocycles. The van der Waals surface area contributed by atoms with Crippen LogP contribution in [0.1, 0.15) is 28.8 Å². The molecular weight excluding hydrogens is 358 g/mol. The second-order valence-corrected chi connectivity index (χ2v) is 7.12. The van der Waals surface area contributed by atoms with Crippen LogP contribution in [-0.2, 0) is 19.4 Å². The third-order valence-corrected chi connectivity index (χ3v) is 5.30. The summed E-state index contributed by atoms with van der Waals surface area (Å²) in [6, 6.07) is 15.5. The van der Waals surface area contributed by atoms with E-state index >= 15 is 0 Å². The van der Waals surface area contributed by atoms with Crippen LogP contribution < -0.4 is 5.32 Å². The highest BCUT2D eigenvalue weighted by atomic mass is 32.1. The summed E-state index contributed by atoms with van der Waals surface area (Å²) < 4.78 is 1.28. The van der Waals surface area contributed by atoms with E-state index < -0.39 is 0 Å². The Labute approximate surface area is 160 Å². The van der Waals surface area contributed by atoms with Gasteiger partial charge in [0.1, 0.15) is 10.5 Å². The molecule has 0 saturated heterocycles. The van der Waals surface area contributed by atoms with Gasteiger partial charge in [0.2, 0.25) is 0 Å². The molecule has 0 atom stereocenters. The number of carbonyl (C=O) groups is 1. The van der Waals surface area contributed by atoms with Gasteiger partial charge >= 0.3 is 6.03 Å². The van der Waals surface area contributed by atoms with Crippen LogP contribution in [0.5, 0.6) is 0 Å². The largest absolute Gasteiger partial charge is 0.344 e. The highest BCUT2D eigenvalue weighted by Crippen LogP contribution is 2.17. The monoisotopic (exact) mass is 377 g/mol. The molecule has 4 aromatic rings. The van der Waals surface area contributed by atoms with Crippen LogP contribution in [-0.4, -0.2) is 26.0 Å². The number of rotatable bonds is 5. The molecule has 0 aliphatic rings. The summed E-state index contributed by atoms with van der Waals surface area (Å²) in [6.45, 7) is 2.53. The molecule has 0 fully saturated rings. The Balaban J connectivity index is 1.41. The quantitative estimate of drug-likeness (QED) is 0.574. The van der Waals surface area contributed by atoms with Crippen molar-refractivity contribution in [2.24, 2.45) is 0 Å². The zero-order chi connectivity index (χ0) is 18.6. The van der Waals surface area contributed by atoms with E-state index in [-0.39, 0.29) is 6.03 Å². The number of thiazole rings is 1. The average molecular weight is 377 g/mol. The first-order valence-electron chi connectivity index (χ1n) is 8.83. The number of hydrogen-bond acceptors (Lipinski definition) is 5. The van der Waals surface area contributed by atoms with Gasteiger partial charge in [-0.15, -0.1) is 16.4 Å². The fourth-order valence-corrected chi connectivity index (χ4v) is 3.76. The van der Waals surface area contributed by atoms with Crippen LogP contribution in [0, 0.1) is 0 Å². The van der Waals surface area contributed by atoms with Gasteiger partial charge < -0.3 is 5.32 Å². The van der Waals surface area contributed by atoms with Crippen molar-refractivity contribution in [1.29, 1.82) is 0 Å². The number of hydrogen-bond donors (Lipinski definition) is 1. The average Bonchev–Trinajstić information content (AvgIpc) is 3.33. The summed E-state index contributed by atoms with van der Waals surface area (Å²) in [5, 5.41) is 13.7. The Kier molecular flexibility index (Phi) is 4.93. The predicted molar refractivity (Wildman–Crippen MR) is 106 cm³/mol. The van der Waals surface area contributed by atoms with E-state index in [1.165, 1.54) is 15.8 Å².